The van der Waals surface area contributed by atoms with Gasteiger partial charge in [0.15, 0.2) is 5.78 Å². The zero-order valence-corrected chi connectivity index (χ0v) is 9.80. The molecule has 0 heterocycles. The number of alkyl halides is 3. The molecule has 0 fully saturated rings. The molecule has 1 amide bonds. The van der Waals surface area contributed by atoms with E-state index >= 15 is 0 Å². The highest BCUT2D eigenvalue weighted by Gasteiger charge is 2.39. The fourth-order valence-corrected chi connectivity index (χ4v) is 2.10. The average Bonchev–Trinajstić information content (AvgIpc) is 2.32. The van der Waals surface area contributed by atoms with Crippen molar-refractivity contribution in [2.45, 2.75) is 25.4 Å². The van der Waals surface area contributed by atoms with E-state index in [4.69, 9.17) is 5.73 Å². The van der Waals surface area contributed by atoms with Crippen molar-refractivity contribution in [3.63, 3.8) is 0 Å². The molecule has 0 saturated heterocycles. The predicted octanol–water partition coefficient (Wildman–Crippen LogP) is 2.29. The largest absolute Gasteiger partial charge is 0.471 e. The Morgan fingerprint density at radius 2 is 1.95 bits per heavy atom. The molecular weight excluding hydrogens is 261 g/mol. The topological polar surface area (TPSA) is 72.2 Å². The molecule has 1 aromatic rings. The number of nitrogen functional groups attached to an aromatic ring is 1. The van der Waals surface area contributed by atoms with Gasteiger partial charge in [-0.15, -0.1) is 0 Å². The van der Waals surface area contributed by atoms with Crippen molar-refractivity contribution in [3.05, 3.63) is 23.3 Å². The zero-order chi connectivity index (χ0) is 14.2. The molecule has 0 radical (unpaired) electrons. The van der Waals surface area contributed by atoms with Crippen LogP contribution in [0, 0.1) is 0 Å². The summed E-state index contributed by atoms with van der Waals surface area (Å²) in [7, 11) is 0. The number of Topliss-reactive ketones (excluding diaryl/α,β-unsaturated/α-hetero) is 1. The van der Waals surface area contributed by atoms with Gasteiger partial charge in [0, 0.05) is 17.7 Å². The first kappa shape index (κ1) is 13.4. The Bertz CT molecular complexity index is 553. The van der Waals surface area contributed by atoms with Crippen LogP contribution in [0.25, 0.3) is 0 Å². The van der Waals surface area contributed by atoms with Crippen LogP contribution in [-0.4, -0.2) is 17.9 Å². The van der Waals surface area contributed by atoms with E-state index in [2.05, 4.69) is 0 Å². The average molecular weight is 272 g/mol. The van der Waals surface area contributed by atoms with Crippen LogP contribution in [0.2, 0.25) is 0 Å². The Morgan fingerprint density at radius 3 is 2.58 bits per heavy atom. The highest BCUT2D eigenvalue weighted by atomic mass is 19.4. The van der Waals surface area contributed by atoms with Gasteiger partial charge >= 0.3 is 12.1 Å². The molecule has 0 unspecified atom stereocenters. The number of ketones is 1. The van der Waals surface area contributed by atoms with Gasteiger partial charge in [-0.1, -0.05) is 0 Å². The molecule has 1 aliphatic carbocycles. The van der Waals surface area contributed by atoms with Gasteiger partial charge in [0.05, 0.1) is 5.69 Å². The Hall–Kier alpha value is -2.05. The van der Waals surface area contributed by atoms with Crippen LogP contribution in [0.5, 0.6) is 0 Å². The van der Waals surface area contributed by atoms with Crippen molar-refractivity contribution in [2.24, 2.45) is 0 Å². The van der Waals surface area contributed by atoms with E-state index in [1.54, 1.807) is 5.32 Å². The van der Waals surface area contributed by atoms with E-state index in [9.17, 15) is 22.8 Å². The molecule has 7 heteroatoms. The van der Waals surface area contributed by atoms with Gasteiger partial charge in [0.2, 0.25) is 0 Å². The fraction of sp³-hybridized carbons (Fsp3) is 0.333. The summed E-state index contributed by atoms with van der Waals surface area (Å²) in [6, 6.07) is 2.62. The molecule has 1 aliphatic rings. The molecule has 102 valence electrons. The summed E-state index contributed by atoms with van der Waals surface area (Å²) in [5.41, 5.74) is 6.54. The lowest BCUT2D eigenvalue weighted by atomic mass is 9.88. The number of nitrogens with one attached hydrogen (secondary N) is 1. The molecule has 0 aromatic heterocycles. The highest BCUT2D eigenvalue weighted by molar-refractivity contribution is 6.08. The maximum absolute atomic E-state index is 12.2. The SMILES string of the molecule is Nc1ccc(NC(=O)C(F)(F)F)c2c1CCCC2=O. The van der Waals surface area contributed by atoms with E-state index in [1.807, 2.05) is 0 Å². The standard InChI is InChI=1S/C12H11F3N2O2/c13-12(14,15)11(19)17-8-5-4-7(16)6-2-1-3-9(18)10(6)8/h4-5H,1-3,16H2,(H,17,19). The van der Waals surface area contributed by atoms with E-state index in [1.165, 1.54) is 12.1 Å². The van der Waals surface area contributed by atoms with Crippen molar-refractivity contribution in [3.8, 4) is 0 Å². The number of hydrogen-bond donors (Lipinski definition) is 2. The van der Waals surface area contributed by atoms with Crippen molar-refractivity contribution in [1.82, 2.24) is 0 Å². The second-order valence-electron chi connectivity index (χ2n) is 4.28. The monoisotopic (exact) mass is 272 g/mol. The lowest BCUT2D eigenvalue weighted by Crippen LogP contribution is -2.31. The minimum atomic E-state index is -4.99. The van der Waals surface area contributed by atoms with E-state index in [-0.39, 0.29) is 23.5 Å². The number of rotatable bonds is 1. The lowest BCUT2D eigenvalue weighted by molar-refractivity contribution is -0.167. The molecule has 19 heavy (non-hydrogen) atoms. The number of carbonyl (C=O) groups is 2. The summed E-state index contributed by atoms with van der Waals surface area (Å²) in [5, 5.41) is 1.73. The van der Waals surface area contributed by atoms with Crippen molar-refractivity contribution in [1.29, 1.82) is 0 Å². The van der Waals surface area contributed by atoms with Crippen LogP contribution in [0.4, 0.5) is 24.5 Å². The van der Waals surface area contributed by atoms with Crippen molar-refractivity contribution < 1.29 is 22.8 Å². The molecule has 0 aliphatic heterocycles. The second-order valence-corrected chi connectivity index (χ2v) is 4.28. The number of fused-ring (bicyclic) bond motifs is 1. The minimum absolute atomic E-state index is 0.101. The number of nitrogens with two attached hydrogens (primary N) is 1. The summed E-state index contributed by atoms with van der Waals surface area (Å²) >= 11 is 0. The van der Waals surface area contributed by atoms with Crippen molar-refractivity contribution >= 4 is 23.1 Å². The van der Waals surface area contributed by atoms with Gasteiger partial charge < -0.3 is 11.1 Å². The van der Waals surface area contributed by atoms with E-state index in [0.29, 0.717) is 24.1 Å². The Balaban J connectivity index is 2.43. The summed E-state index contributed by atoms with van der Waals surface area (Å²) < 4.78 is 36.7. The Morgan fingerprint density at radius 1 is 1.26 bits per heavy atom. The number of benzene rings is 1. The summed E-state index contributed by atoms with van der Waals surface area (Å²) in [4.78, 5) is 22.7. The van der Waals surface area contributed by atoms with E-state index < -0.39 is 12.1 Å². The smallest absolute Gasteiger partial charge is 0.398 e. The summed E-state index contributed by atoms with van der Waals surface area (Å²) in [6.07, 6.45) is -3.63. The van der Waals surface area contributed by atoms with Crippen LogP contribution >= 0.6 is 0 Å². The molecule has 0 saturated carbocycles. The van der Waals surface area contributed by atoms with Gasteiger partial charge in [0.1, 0.15) is 0 Å². The summed E-state index contributed by atoms with van der Waals surface area (Å²) in [6.45, 7) is 0. The third kappa shape index (κ3) is 2.54. The molecule has 3 N–H and O–H groups in total. The number of hydrogen-bond acceptors (Lipinski definition) is 3. The number of halogens is 3. The van der Waals surface area contributed by atoms with Crippen LogP contribution in [0.1, 0.15) is 28.8 Å². The molecule has 0 spiro atoms. The number of anilines is 2. The molecule has 2 rings (SSSR count). The third-order valence-electron chi connectivity index (χ3n) is 2.96. The summed E-state index contributed by atoms with van der Waals surface area (Å²) in [5.74, 6) is -2.40. The van der Waals surface area contributed by atoms with E-state index in [0.717, 1.165) is 0 Å². The van der Waals surface area contributed by atoms with Gasteiger partial charge in [-0.05, 0) is 30.5 Å². The van der Waals surface area contributed by atoms with Gasteiger partial charge in [0.25, 0.3) is 0 Å². The van der Waals surface area contributed by atoms with Crippen molar-refractivity contribution in [2.75, 3.05) is 11.1 Å². The molecule has 1 aromatic carbocycles. The molecular formula is C12H11F3N2O2. The quantitative estimate of drug-likeness (QED) is 0.770. The molecule has 0 atom stereocenters. The number of carbonyl (C=O) groups excluding carboxylic acids is 2. The first-order valence-corrected chi connectivity index (χ1v) is 5.63. The first-order chi connectivity index (χ1) is 8.80. The fourth-order valence-electron chi connectivity index (χ4n) is 2.10. The number of amides is 1. The predicted molar refractivity (Wildman–Crippen MR) is 62.8 cm³/mol. The molecule has 0 bridgehead atoms. The van der Waals surface area contributed by atoms with Crippen LogP contribution in [0.3, 0.4) is 0 Å². The van der Waals surface area contributed by atoms with Crippen LogP contribution in [-0.2, 0) is 11.2 Å². The first-order valence-electron chi connectivity index (χ1n) is 5.63. The minimum Gasteiger partial charge on any atom is -0.398 e. The van der Waals surface area contributed by atoms with Crippen LogP contribution in [0.15, 0.2) is 12.1 Å². The van der Waals surface area contributed by atoms with Gasteiger partial charge in [-0.3, -0.25) is 9.59 Å². The zero-order valence-electron chi connectivity index (χ0n) is 9.80. The third-order valence-corrected chi connectivity index (χ3v) is 2.96. The van der Waals surface area contributed by atoms with Gasteiger partial charge in [-0.25, -0.2) is 0 Å². The normalized spacial score (nSPS) is 15.0. The lowest BCUT2D eigenvalue weighted by Gasteiger charge is -2.20. The molecule has 4 nitrogen and oxygen atoms in total. The maximum atomic E-state index is 12.2. The Labute approximate surface area is 106 Å². The second kappa shape index (κ2) is 4.56. The van der Waals surface area contributed by atoms with Crippen LogP contribution < -0.4 is 11.1 Å². The highest BCUT2D eigenvalue weighted by Crippen LogP contribution is 2.32. The van der Waals surface area contributed by atoms with Gasteiger partial charge in [-0.2, -0.15) is 13.2 Å². The maximum Gasteiger partial charge on any atom is 0.471 e. The Kier molecular flexibility index (Phi) is 3.21.